The first-order valence-corrected chi connectivity index (χ1v) is 8.34. The van der Waals surface area contributed by atoms with Crippen LogP contribution in [-0.2, 0) is 4.74 Å². The van der Waals surface area contributed by atoms with Gasteiger partial charge in [-0.15, -0.1) is 0 Å². The maximum absolute atomic E-state index is 6.13. The molecule has 1 N–H and O–H groups in total. The minimum Gasteiger partial charge on any atom is -0.489 e. The number of rotatable bonds is 6. The van der Waals surface area contributed by atoms with Gasteiger partial charge in [0.05, 0.1) is 17.2 Å². The molecule has 1 saturated carbocycles. The molecule has 0 bridgehead atoms. The molecule has 2 atom stereocenters. The maximum Gasteiger partial charge on any atom is 0.138 e. The van der Waals surface area contributed by atoms with Crippen molar-refractivity contribution in [1.29, 1.82) is 0 Å². The number of benzene rings is 1. The number of halogens is 2. The van der Waals surface area contributed by atoms with Crippen molar-refractivity contribution in [2.24, 2.45) is 0 Å². The van der Waals surface area contributed by atoms with Gasteiger partial charge < -0.3 is 14.8 Å². The van der Waals surface area contributed by atoms with Crippen molar-refractivity contribution in [3.63, 3.8) is 0 Å². The summed E-state index contributed by atoms with van der Waals surface area (Å²) in [4.78, 5) is 0. The van der Waals surface area contributed by atoms with E-state index in [1.165, 1.54) is 12.8 Å². The van der Waals surface area contributed by atoms with Gasteiger partial charge in [-0.2, -0.15) is 0 Å². The Morgan fingerprint density at radius 3 is 2.80 bits per heavy atom. The molecule has 0 spiro atoms. The van der Waals surface area contributed by atoms with E-state index in [0.717, 1.165) is 35.7 Å². The SMILES string of the molecule is Clc1cc(Br)ccc1OCC1CCC(CNC2CC2)O1. The third-order valence-corrected chi connectivity index (χ3v) is 4.51. The van der Waals surface area contributed by atoms with E-state index in [0.29, 0.717) is 17.7 Å². The predicted molar refractivity (Wildman–Crippen MR) is 83.6 cm³/mol. The molecule has 2 aliphatic rings. The molecule has 0 radical (unpaired) electrons. The van der Waals surface area contributed by atoms with Crippen molar-refractivity contribution in [3.8, 4) is 5.75 Å². The van der Waals surface area contributed by atoms with E-state index in [1.54, 1.807) is 0 Å². The monoisotopic (exact) mass is 359 g/mol. The Morgan fingerprint density at radius 1 is 1.25 bits per heavy atom. The summed E-state index contributed by atoms with van der Waals surface area (Å²) in [6, 6.07) is 6.40. The molecule has 20 heavy (non-hydrogen) atoms. The van der Waals surface area contributed by atoms with Gasteiger partial charge in [0.1, 0.15) is 12.4 Å². The molecule has 3 rings (SSSR count). The molecule has 2 fully saturated rings. The van der Waals surface area contributed by atoms with Gasteiger partial charge >= 0.3 is 0 Å². The Balaban J connectivity index is 1.42. The van der Waals surface area contributed by atoms with Gasteiger partial charge in [0.2, 0.25) is 0 Å². The van der Waals surface area contributed by atoms with Crippen LogP contribution in [0, 0.1) is 0 Å². The molecule has 1 aromatic rings. The zero-order valence-electron chi connectivity index (χ0n) is 11.3. The first-order valence-electron chi connectivity index (χ1n) is 7.17. The maximum atomic E-state index is 6.13. The van der Waals surface area contributed by atoms with Gasteiger partial charge in [0.25, 0.3) is 0 Å². The fraction of sp³-hybridized carbons (Fsp3) is 0.600. The first-order chi connectivity index (χ1) is 9.70. The highest BCUT2D eigenvalue weighted by molar-refractivity contribution is 9.10. The largest absolute Gasteiger partial charge is 0.489 e. The van der Waals surface area contributed by atoms with Crippen LogP contribution in [0.25, 0.3) is 0 Å². The summed E-state index contributed by atoms with van der Waals surface area (Å²) in [7, 11) is 0. The molecular weight excluding hydrogens is 342 g/mol. The quantitative estimate of drug-likeness (QED) is 0.837. The number of nitrogens with one attached hydrogen (secondary N) is 1. The van der Waals surface area contributed by atoms with Gasteiger partial charge in [-0.05, 0) is 43.9 Å². The van der Waals surface area contributed by atoms with E-state index in [-0.39, 0.29) is 6.10 Å². The lowest BCUT2D eigenvalue weighted by Gasteiger charge is -2.15. The summed E-state index contributed by atoms with van der Waals surface area (Å²) >= 11 is 9.51. The molecule has 1 aliphatic carbocycles. The normalized spacial score (nSPS) is 25.9. The predicted octanol–water partition coefficient (Wildman–Crippen LogP) is 3.78. The topological polar surface area (TPSA) is 30.5 Å². The average molecular weight is 361 g/mol. The second kappa shape index (κ2) is 6.65. The van der Waals surface area contributed by atoms with E-state index in [4.69, 9.17) is 21.1 Å². The summed E-state index contributed by atoms with van der Waals surface area (Å²) in [5.74, 6) is 0.720. The molecule has 5 heteroatoms. The molecule has 0 amide bonds. The van der Waals surface area contributed by atoms with Crippen LogP contribution in [0.15, 0.2) is 22.7 Å². The van der Waals surface area contributed by atoms with E-state index >= 15 is 0 Å². The second-order valence-electron chi connectivity index (χ2n) is 5.53. The fourth-order valence-corrected chi connectivity index (χ4v) is 3.14. The zero-order chi connectivity index (χ0) is 13.9. The second-order valence-corrected chi connectivity index (χ2v) is 6.85. The van der Waals surface area contributed by atoms with Crippen molar-refractivity contribution in [2.75, 3.05) is 13.2 Å². The molecule has 1 heterocycles. The molecule has 1 aromatic carbocycles. The van der Waals surface area contributed by atoms with Gasteiger partial charge in [0.15, 0.2) is 0 Å². The van der Waals surface area contributed by atoms with Gasteiger partial charge in [-0.3, -0.25) is 0 Å². The average Bonchev–Trinajstić information content (AvgIpc) is 3.14. The highest BCUT2D eigenvalue weighted by Crippen LogP contribution is 2.29. The van der Waals surface area contributed by atoms with Crippen LogP contribution in [0.3, 0.4) is 0 Å². The first kappa shape index (κ1) is 14.6. The summed E-state index contributed by atoms with van der Waals surface area (Å²) in [5.41, 5.74) is 0. The van der Waals surface area contributed by atoms with Crippen molar-refractivity contribution >= 4 is 27.5 Å². The Bertz CT molecular complexity index is 467. The van der Waals surface area contributed by atoms with Crippen molar-refractivity contribution in [2.45, 2.75) is 43.9 Å². The number of ether oxygens (including phenoxy) is 2. The molecule has 2 unspecified atom stereocenters. The van der Waals surface area contributed by atoms with Gasteiger partial charge in [-0.25, -0.2) is 0 Å². The highest BCUT2D eigenvalue weighted by Gasteiger charge is 2.28. The Hall–Kier alpha value is -0.290. The summed E-state index contributed by atoms with van der Waals surface area (Å²) in [6.07, 6.45) is 5.33. The Kier molecular flexibility index (Phi) is 4.87. The molecule has 0 aromatic heterocycles. The van der Waals surface area contributed by atoms with E-state index < -0.39 is 0 Å². The van der Waals surface area contributed by atoms with Crippen LogP contribution >= 0.6 is 27.5 Å². The summed E-state index contributed by atoms with van der Waals surface area (Å²) in [6.45, 7) is 1.54. The number of hydrogen-bond donors (Lipinski definition) is 1. The van der Waals surface area contributed by atoms with Crippen molar-refractivity contribution in [1.82, 2.24) is 5.32 Å². The lowest BCUT2D eigenvalue weighted by molar-refractivity contribution is 0.0184. The van der Waals surface area contributed by atoms with Crippen LogP contribution in [0.5, 0.6) is 5.75 Å². The minimum absolute atomic E-state index is 0.181. The molecule has 3 nitrogen and oxygen atoms in total. The lowest BCUT2D eigenvalue weighted by atomic mass is 10.2. The van der Waals surface area contributed by atoms with E-state index in [1.807, 2.05) is 18.2 Å². The van der Waals surface area contributed by atoms with Crippen LogP contribution in [0.2, 0.25) is 5.02 Å². The third-order valence-electron chi connectivity index (χ3n) is 3.73. The molecule has 1 aliphatic heterocycles. The van der Waals surface area contributed by atoms with Gasteiger partial charge in [0, 0.05) is 17.1 Å². The molecule has 1 saturated heterocycles. The molecular formula is C15H19BrClNO2. The smallest absolute Gasteiger partial charge is 0.138 e. The number of hydrogen-bond acceptors (Lipinski definition) is 3. The third kappa shape index (κ3) is 4.10. The standard InChI is InChI=1S/C15H19BrClNO2/c16-10-1-6-15(14(17)7-10)19-9-13-5-4-12(20-13)8-18-11-2-3-11/h1,6-7,11-13,18H,2-5,8-9H2. The summed E-state index contributed by atoms with van der Waals surface area (Å²) in [5, 5.41) is 4.15. The van der Waals surface area contributed by atoms with E-state index in [9.17, 15) is 0 Å². The van der Waals surface area contributed by atoms with E-state index in [2.05, 4.69) is 21.2 Å². The minimum atomic E-state index is 0.181. The fourth-order valence-electron chi connectivity index (χ4n) is 2.41. The molecule has 110 valence electrons. The van der Waals surface area contributed by atoms with Crippen LogP contribution in [-0.4, -0.2) is 31.4 Å². The Labute approximate surface area is 133 Å². The van der Waals surface area contributed by atoms with Crippen molar-refractivity contribution < 1.29 is 9.47 Å². The highest BCUT2D eigenvalue weighted by atomic mass is 79.9. The van der Waals surface area contributed by atoms with Crippen LogP contribution in [0.4, 0.5) is 0 Å². The Morgan fingerprint density at radius 2 is 2.05 bits per heavy atom. The van der Waals surface area contributed by atoms with Crippen LogP contribution in [0.1, 0.15) is 25.7 Å². The lowest BCUT2D eigenvalue weighted by Crippen LogP contribution is -2.29. The van der Waals surface area contributed by atoms with Gasteiger partial charge in [-0.1, -0.05) is 27.5 Å². The van der Waals surface area contributed by atoms with Crippen LogP contribution < -0.4 is 10.1 Å². The zero-order valence-corrected chi connectivity index (χ0v) is 13.6. The summed E-state index contributed by atoms with van der Waals surface area (Å²) < 4.78 is 12.7. The van der Waals surface area contributed by atoms with Crippen molar-refractivity contribution in [3.05, 3.63) is 27.7 Å².